The van der Waals surface area contributed by atoms with Crippen molar-refractivity contribution in [3.8, 4) is 11.8 Å². The van der Waals surface area contributed by atoms with Crippen molar-refractivity contribution in [2.75, 3.05) is 18.0 Å². The number of aromatic hydroxyl groups is 1. The molecular formula is C26H24FN5O. The fraction of sp³-hybridized carbons (Fsp3) is 0.231. The maximum Gasteiger partial charge on any atom is 0.141 e. The van der Waals surface area contributed by atoms with Crippen molar-refractivity contribution in [2.24, 2.45) is 0 Å². The van der Waals surface area contributed by atoms with Gasteiger partial charge >= 0.3 is 0 Å². The molecule has 33 heavy (non-hydrogen) atoms. The molecule has 5 rings (SSSR count). The van der Waals surface area contributed by atoms with Gasteiger partial charge in [0.1, 0.15) is 17.6 Å². The number of halogens is 1. The zero-order valence-corrected chi connectivity index (χ0v) is 18.1. The largest absolute Gasteiger partial charge is 0.508 e. The molecule has 166 valence electrons. The summed E-state index contributed by atoms with van der Waals surface area (Å²) in [6.07, 6.45) is 4.59. The number of hydrogen-bond donors (Lipinski definition) is 2. The van der Waals surface area contributed by atoms with E-state index in [-0.39, 0.29) is 11.3 Å². The second kappa shape index (κ2) is 8.93. The van der Waals surface area contributed by atoms with Gasteiger partial charge in [-0.1, -0.05) is 24.3 Å². The van der Waals surface area contributed by atoms with E-state index in [4.69, 9.17) is 5.26 Å². The monoisotopic (exact) mass is 441 g/mol. The van der Waals surface area contributed by atoms with Gasteiger partial charge in [-0.05, 0) is 47.7 Å². The summed E-state index contributed by atoms with van der Waals surface area (Å²) in [5.41, 5.74) is 3.00. The number of hydrogen-bond acceptors (Lipinski definition) is 5. The molecule has 6 nitrogen and oxygen atoms in total. The second-order valence-electron chi connectivity index (χ2n) is 8.43. The normalized spacial score (nSPS) is 15.8. The molecule has 1 saturated heterocycles. The zero-order chi connectivity index (χ0) is 22.8. The Morgan fingerprint density at radius 1 is 1.18 bits per heavy atom. The molecule has 0 spiro atoms. The topological polar surface area (TPSA) is 77.1 Å². The molecule has 0 radical (unpaired) electrons. The van der Waals surface area contributed by atoms with Gasteiger partial charge in [0, 0.05) is 49.5 Å². The van der Waals surface area contributed by atoms with Crippen LogP contribution in [0.3, 0.4) is 0 Å². The van der Waals surface area contributed by atoms with Crippen molar-refractivity contribution in [3.63, 3.8) is 0 Å². The molecule has 0 saturated carbocycles. The quantitative estimate of drug-likeness (QED) is 0.470. The van der Waals surface area contributed by atoms with E-state index in [9.17, 15) is 9.50 Å². The molecule has 2 heterocycles. The highest BCUT2D eigenvalue weighted by atomic mass is 19.1. The van der Waals surface area contributed by atoms with Crippen molar-refractivity contribution in [3.05, 3.63) is 89.8 Å². The van der Waals surface area contributed by atoms with E-state index >= 15 is 0 Å². The van der Waals surface area contributed by atoms with Crippen LogP contribution in [0.2, 0.25) is 0 Å². The fourth-order valence-corrected chi connectivity index (χ4v) is 4.50. The van der Waals surface area contributed by atoms with Crippen LogP contribution in [0.4, 0.5) is 10.1 Å². The predicted molar refractivity (Wildman–Crippen MR) is 126 cm³/mol. The van der Waals surface area contributed by atoms with Crippen LogP contribution in [-0.2, 0) is 13.1 Å². The summed E-state index contributed by atoms with van der Waals surface area (Å²) >= 11 is 0. The Morgan fingerprint density at radius 3 is 2.94 bits per heavy atom. The number of benzene rings is 3. The van der Waals surface area contributed by atoms with Crippen molar-refractivity contribution in [1.29, 1.82) is 5.26 Å². The van der Waals surface area contributed by atoms with E-state index in [1.165, 1.54) is 12.1 Å². The van der Waals surface area contributed by atoms with Gasteiger partial charge in [0.05, 0.1) is 17.6 Å². The molecule has 1 unspecified atom stereocenters. The van der Waals surface area contributed by atoms with Crippen molar-refractivity contribution in [2.45, 2.75) is 25.6 Å². The first kappa shape index (κ1) is 21.0. The molecule has 3 aromatic carbocycles. The minimum Gasteiger partial charge on any atom is -0.508 e. The number of fused-ring (bicyclic) bond motifs is 1. The lowest BCUT2D eigenvalue weighted by Crippen LogP contribution is -2.32. The van der Waals surface area contributed by atoms with Gasteiger partial charge in [-0.3, -0.25) is 0 Å². The lowest BCUT2D eigenvalue weighted by atomic mass is 10.1. The van der Waals surface area contributed by atoms with Crippen molar-refractivity contribution < 1.29 is 9.50 Å². The van der Waals surface area contributed by atoms with E-state index in [0.29, 0.717) is 19.1 Å². The van der Waals surface area contributed by atoms with Crippen molar-refractivity contribution >= 4 is 16.5 Å². The average molecular weight is 442 g/mol. The van der Waals surface area contributed by atoms with Crippen LogP contribution < -0.4 is 10.2 Å². The van der Waals surface area contributed by atoms with E-state index in [1.807, 2.05) is 29.0 Å². The van der Waals surface area contributed by atoms with Gasteiger partial charge in [-0.2, -0.15) is 5.26 Å². The Hall–Kier alpha value is -3.89. The second-order valence-corrected chi connectivity index (χ2v) is 8.43. The summed E-state index contributed by atoms with van der Waals surface area (Å²) in [5, 5.41) is 24.7. The summed E-state index contributed by atoms with van der Waals surface area (Å²) in [7, 11) is 0. The van der Waals surface area contributed by atoms with Crippen LogP contribution in [-0.4, -0.2) is 33.8 Å². The van der Waals surface area contributed by atoms with Crippen molar-refractivity contribution in [1.82, 2.24) is 14.9 Å². The minimum absolute atomic E-state index is 0.0541. The molecule has 4 aromatic rings. The van der Waals surface area contributed by atoms with E-state index in [2.05, 4.69) is 33.4 Å². The van der Waals surface area contributed by atoms with E-state index in [0.717, 1.165) is 47.2 Å². The average Bonchev–Trinajstić information content (AvgIpc) is 3.47. The SMILES string of the molecule is N#Cc1ccc(Cn2cncc2CNC2CCN(c3cccc4ccc(O)cc34)C2)cc1F. The third kappa shape index (κ3) is 4.38. The number of aromatic nitrogens is 2. The lowest BCUT2D eigenvalue weighted by molar-refractivity contribution is 0.476. The minimum atomic E-state index is -0.498. The number of phenols is 1. The maximum atomic E-state index is 14.0. The van der Waals surface area contributed by atoms with Gasteiger partial charge in [-0.15, -0.1) is 0 Å². The number of imidazole rings is 1. The highest BCUT2D eigenvalue weighted by Gasteiger charge is 2.24. The van der Waals surface area contributed by atoms with Crippen LogP contribution in [0.5, 0.6) is 5.75 Å². The third-order valence-corrected chi connectivity index (χ3v) is 6.25. The molecule has 0 bridgehead atoms. The standard InChI is InChI=1S/C26H24FN5O/c27-25-10-18(4-5-20(25)12-28)15-32-17-29-13-22(32)14-30-21-8-9-31(16-21)26-3-1-2-19-6-7-23(33)11-24(19)26/h1-7,10-11,13,17,21,30,33H,8-9,14-16H2. The molecule has 1 aliphatic rings. The molecule has 1 fully saturated rings. The first-order chi connectivity index (χ1) is 16.1. The Balaban J connectivity index is 1.23. The molecule has 7 heteroatoms. The van der Waals surface area contributed by atoms with Gasteiger partial charge < -0.3 is 19.9 Å². The molecule has 1 aromatic heterocycles. The molecule has 2 N–H and O–H groups in total. The smallest absolute Gasteiger partial charge is 0.141 e. The van der Waals surface area contributed by atoms with Crippen LogP contribution in [0.15, 0.2) is 67.1 Å². The number of rotatable bonds is 6. The summed E-state index contributed by atoms with van der Waals surface area (Å²) in [6.45, 7) is 2.98. The molecule has 0 aliphatic carbocycles. The van der Waals surface area contributed by atoms with Crippen LogP contribution >= 0.6 is 0 Å². The van der Waals surface area contributed by atoms with Crippen LogP contribution in [0.1, 0.15) is 23.2 Å². The number of phenolic OH excluding ortho intramolecular Hbond substituents is 1. The maximum absolute atomic E-state index is 14.0. The predicted octanol–water partition coefficient (Wildman–Crippen LogP) is 4.17. The Morgan fingerprint density at radius 2 is 2.09 bits per heavy atom. The molecule has 1 aliphatic heterocycles. The Kier molecular flexibility index (Phi) is 5.68. The van der Waals surface area contributed by atoms with Gasteiger partial charge in [-0.25, -0.2) is 9.37 Å². The Labute approximate surface area is 191 Å². The third-order valence-electron chi connectivity index (χ3n) is 6.25. The fourth-order valence-electron chi connectivity index (χ4n) is 4.50. The van der Waals surface area contributed by atoms with Crippen LogP contribution in [0, 0.1) is 17.1 Å². The summed E-state index contributed by atoms with van der Waals surface area (Å²) < 4.78 is 15.9. The molecule has 0 amide bonds. The first-order valence-electron chi connectivity index (χ1n) is 11.0. The number of nitriles is 1. The van der Waals surface area contributed by atoms with E-state index in [1.54, 1.807) is 18.5 Å². The summed E-state index contributed by atoms with van der Waals surface area (Å²) in [4.78, 5) is 6.62. The highest BCUT2D eigenvalue weighted by Crippen LogP contribution is 2.31. The number of nitrogens with one attached hydrogen (secondary N) is 1. The first-order valence-corrected chi connectivity index (χ1v) is 11.0. The molecular weight excluding hydrogens is 417 g/mol. The van der Waals surface area contributed by atoms with Gasteiger partial charge in [0.15, 0.2) is 0 Å². The summed E-state index contributed by atoms with van der Waals surface area (Å²) in [5.74, 6) is -0.221. The Bertz CT molecular complexity index is 1340. The summed E-state index contributed by atoms with van der Waals surface area (Å²) in [6, 6.07) is 18.6. The number of nitrogens with zero attached hydrogens (tertiary/aromatic N) is 4. The van der Waals surface area contributed by atoms with Crippen LogP contribution in [0.25, 0.3) is 10.8 Å². The number of anilines is 1. The lowest BCUT2D eigenvalue weighted by Gasteiger charge is -2.21. The zero-order valence-electron chi connectivity index (χ0n) is 18.1. The molecule has 1 atom stereocenters. The van der Waals surface area contributed by atoms with E-state index < -0.39 is 5.82 Å². The van der Waals surface area contributed by atoms with Gasteiger partial charge in [0.25, 0.3) is 0 Å². The highest BCUT2D eigenvalue weighted by molar-refractivity contribution is 5.95. The van der Waals surface area contributed by atoms with Gasteiger partial charge in [0.2, 0.25) is 0 Å².